The molecule has 0 radical (unpaired) electrons. The Morgan fingerprint density at radius 1 is 1.40 bits per heavy atom. The Balaban J connectivity index is 1.49. The van der Waals surface area contributed by atoms with Gasteiger partial charge in [0, 0.05) is 39.3 Å². The number of rotatable bonds is 3. The van der Waals surface area contributed by atoms with E-state index in [1.165, 1.54) is 0 Å². The lowest BCUT2D eigenvalue weighted by atomic mass is 10.2. The number of ether oxygens (including phenoxy) is 1. The largest absolute Gasteiger partial charge is 0.377 e. The fourth-order valence-corrected chi connectivity index (χ4v) is 2.73. The van der Waals surface area contributed by atoms with Gasteiger partial charge in [-0.2, -0.15) is 4.98 Å². The fourth-order valence-electron chi connectivity index (χ4n) is 2.73. The molecule has 1 atom stereocenters. The zero-order chi connectivity index (χ0) is 13.9. The minimum Gasteiger partial charge on any atom is -0.377 e. The molecule has 3 N–H and O–H groups in total. The van der Waals surface area contributed by atoms with Crippen LogP contribution in [-0.4, -0.2) is 76.3 Å². The molecule has 3 rings (SSSR count). The van der Waals surface area contributed by atoms with E-state index in [4.69, 9.17) is 10.5 Å². The molecule has 110 valence electrons. The van der Waals surface area contributed by atoms with Crippen molar-refractivity contribution in [2.24, 2.45) is 0 Å². The summed E-state index contributed by atoms with van der Waals surface area (Å²) in [7, 11) is 0. The second-order valence-electron chi connectivity index (χ2n) is 5.27. The van der Waals surface area contributed by atoms with Crippen molar-refractivity contribution in [1.29, 1.82) is 0 Å². The van der Waals surface area contributed by atoms with Crippen molar-refractivity contribution in [3.05, 3.63) is 5.82 Å². The molecule has 2 aliphatic heterocycles. The van der Waals surface area contributed by atoms with E-state index in [-0.39, 0.29) is 17.7 Å². The van der Waals surface area contributed by atoms with E-state index in [2.05, 4.69) is 20.1 Å². The predicted molar refractivity (Wildman–Crippen MR) is 72.1 cm³/mol. The molecule has 2 aliphatic rings. The number of hydrogen-bond acceptors (Lipinski definition) is 6. The minimum atomic E-state index is -0.133. The van der Waals surface area contributed by atoms with Crippen LogP contribution in [0.25, 0.3) is 0 Å². The number of nitrogens with zero attached hydrogens (tertiary/aromatic N) is 4. The molecule has 8 heteroatoms. The van der Waals surface area contributed by atoms with E-state index in [1.807, 2.05) is 0 Å². The van der Waals surface area contributed by atoms with Crippen LogP contribution in [0.5, 0.6) is 0 Å². The molecule has 0 bridgehead atoms. The Morgan fingerprint density at radius 2 is 2.20 bits per heavy atom. The first kappa shape index (κ1) is 13.3. The van der Waals surface area contributed by atoms with Crippen molar-refractivity contribution in [2.45, 2.75) is 18.9 Å². The molecular formula is C12H20N6O2. The summed E-state index contributed by atoms with van der Waals surface area (Å²) in [5.41, 5.74) is 5.41. The van der Waals surface area contributed by atoms with Crippen molar-refractivity contribution in [3.8, 4) is 0 Å². The maximum Gasteiger partial charge on any atom is 0.291 e. The number of aromatic nitrogens is 3. The van der Waals surface area contributed by atoms with Crippen LogP contribution in [0.2, 0.25) is 0 Å². The topological polar surface area (TPSA) is 100 Å². The van der Waals surface area contributed by atoms with Gasteiger partial charge in [-0.05, 0) is 12.8 Å². The molecule has 0 aliphatic carbocycles. The van der Waals surface area contributed by atoms with Gasteiger partial charge in [0.05, 0.1) is 6.10 Å². The number of carbonyl (C=O) groups excluding carboxylic acids is 1. The van der Waals surface area contributed by atoms with Crippen LogP contribution in [0, 0.1) is 0 Å². The summed E-state index contributed by atoms with van der Waals surface area (Å²) in [5, 5.41) is 6.24. The number of nitrogens with one attached hydrogen (secondary N) is 1. The summed E-state index contributed by atoms with van der Waals surface area (Å²) < 4.78 is 5.64. The van der Waals surface area contributed by atoms with E-state index < -0.39 is 0 Å². The van der Waals surface area contributed by atoms with Crippen molar-refractivity contribution in [2.75, 3.05) is 45.1 Å². The monoisotopic (exact) mass is 280 g/mol. The molecule has 2 saturated heterocycles. The van der Waals surface area contributed by atoms with Gasteiger partial charge in [-0.15, -0.1) is 5.10 Å². The van der Waals surface area contributed by atoms with Crippen LogP contribution in [0.4, 0.5) is 5.95 Å². The Morgan fingerprint density at radius 3 is 2.80 bits per heavy atom. The lowest BCUT2D eigenvalue weighted by molar-refractivity contribution is 0.0427. The average Bonchev–Trinajstić information content (AvgIpc) is 3.10. The van der Waals surface area contributed by atoms with Gasteiger partial charge in [0.15, 0.2) is 0 Å². The van der Waals surface area contributed by atoms with Gasteiger partial charge in [-0.1, -0.05) is 0 Å². The normalized spacial score (nSPS) is 24.2. The van der Waals surface area contributed by atoms with Crippen LogP contribution in [0.3, 0.4) is 0 Å². The predicted octanol–water partition coefficient (Wildman–Crippen LogP) is -0.676. The van der Waals surface area contributed by atoms with Crippen LogP contribution in [-0.2, 0) is 4.74 Å². The number of nitrogens with two attached hydrogens (primary N) is 1. The average molecular weight is 280 g/mol. The first-order valence-electron chi connectivity index (χ1n) is 7.03. The van der Waals surface area contributed by atoms with Crippen molar-refractivity contribution >= 4 is 11.9 Å². The standard InChI is InChI=1S/C12H20N6O2/c13-12-14-10(15-16-12)11(19)18-5-3-17(4-6-18)8-9-2-1-7-20-9/h9H,1-8H2,(H3,13,14,15,16). The van der Waals surface area contributed by atoms with E-state index in [1.54, 1.807) is 4.90 Å². The van der Waals surface area contributed by atoms with Crippen LogP contribution < -0.4 is 5.73 Å². The van der Waals surface area contributed by atoms with Crippen molar-refractivity contribution in [1.82, 2.24) is 25.0 Å². The zero-order valence-electron chi connectivity index (χ0n) is 11.4. The third-order valence-corrected chi connectivity index (χ3v) is 3.85. The SMILES string of the molecule is Nc1n[nH]c(C(=O)N2CCN(CC3CCCO3)CC2)n1. The summed E-state index contributed by atoms with van der Waals surface area (Å²) in [4.78, 5) is 20.2. The molecule has 1 unspecified atom stereocenters. The maximum absolute atomic E-state index is 12.2. The smallest absolute Gasteiger partial charge is 0.291 e. The van der Waals surface area contributed by atoms with E-state index in [9.17, 15) is 4.79 Å². The highest BCUT2D eigenvalue weighted by molar-refractivity contribution is 5.90. The van der Waals surface area contributed by atoms with Gasteiger partial charge >= 0.3 is 0 Å². The molecule has 0 saturated carbocycles. The molecule has 1 aromatic rings. The Kier molecular flexibility index (Phi) is 3.83. The van der Waals surface area contributed by atoms with Crippen molar-refractivity contribution < 1.29 is 9.53 Å². The molecule has 3 heterocycles. The van der Waals surface area contributed by atoms with E-state index >= 15 is 0 Å². The molecule has 1 aromatic heterocycles. The first-order chi connectivity index (χ1) is 9.72. The summed E-state index contributed by atoms with van der Waals surface area (Å²) in [6, 6.07) is 0. The van der Waals surface area contributed by atoms with Crippen LogP contribution in [0.1, 0.15) is 23.5 Å². The fraction of sp³-hybridized carbons (Fsp3) is 0.750. The van der Waals surface area contributed by atoms with Crippen LogP contribution in [0.15, 0.2) is 0 Å². The number of piperazine rings is 1. The van der Waals surface area contributed by atoms with E-state index in [0.29, 0.717) is 19.2 Å². The van der Waals surface area contributed by atoms with Gasteiger partial charge in [0.1, 0.15) is 0 Å². The first-order valence-corrected chi connectivity index (χ1v) is 7.03. The lowest BCUT2D eigenvalue weighted by Crippen LogP contribution is -2.50. The Bertz CT molecular complexity index is 462. The molecule has 0 spiro atoms. The van der Waals surface area contributed by atoms with Gasteiger partial charge in [0.25, 0.3) is 5.91 Å². The van der Waals surface area contributed by atoms with Gasteiger partial charge in [0.2, 0.25) is 11.8 Å². The van der Waals surface area contributed by atoms with Crippen molar-refractivity contribution in [3.63, 3.8) is 0 Å². The van der Waals surface area contributed by atoms with Gasteiger partial charge < -0.3 is 15.4 Å². The molecule has 20 heavy (non-hydrogen) atoms. The number of aromatic amines is 1. The second-order valence-corrected chi connectivity index (χ2v) is 5.27. The maximum atomic E-state index is 12.2. The third-order valence-electron chi connectivity index (χ3n) is 3.85. The molecule has 1 amide bonds. The van der Waals surface area contributed by atoms with Gasteiger partial charge in [-0.25, -0.2) is 0 Å². The van der Waals surface area contributed by atoms with Gasteiger partial charge in [-0.3, -0.25) is 14.8 Å². The highest BCUT2D eigenvalue weighted by atomic mass is 16.5. The second kappa shape index (κ2) is 5.76. The summed E-state index contributed by atoms with van der Waals surface area (Å²) in [5.74, 6) is 0.186. The number of carbonyl (C=O) groups is 1. The summed E-state index contributed by atoms with van der Waals surface area (Å²) >= 11 is 0. The third kappa shape index (κ3) is 2.91. The zero-order valence-corrected chi connectivity index (χ0v) is 11.4. The highest BCUT2D eigenvalue weighted by Gasteiger charge is 2.26. The quantitative estimate of drug-likeness (QED) is 0.761. The number of hydrogen-bond donors (Lipinski definition) is 2. The Labute approximate surface area is 117 Å². The number of nitrogen functional groups attached to an aromatic ring is 1. The van der Waals surface area contributed by atoms with Crippen LogP contribution >= 0.6 is 0 Å². The molecule has 0 aromatic carbocycles. The molecular weight excluding hydrogens is 260 g/mol. The molecule has 8 nitrogen and oxygen atoms in total. The molecule has 2 fully saturated rings. The number of H-pyrrole nitrogens is 1. The Hall–Kier alpha value is -1.67. The number of anilines is 1. The van der Waals surface area contributed by atoms with E-state index in [0.717, 1.165) is 39.1 Å². The minimum absolute atomic E-state index is 0.102. The lowest BCUT2D eigenvalue weighted by Gasteiger charge is -2.35. The summed E-state index contributed by atoms with van der Waals surface area (Å²) in [6.07, 6.45) is 2.68. The highest BCUT2D eigenvalue weighted by Crippen LogP contribution is 2.15. The summed E-state index contributed by atoms with van der Waals surface area (Å²) in [6.45, 7) is 5.00. The number of amides is 1.